The van der Waals surface area contributed by atoms with Gasteiger partial charge < -0.3 is 0 Å². The molecule has 0 radical (unpaired) electrons. The van der Waals surface area contributed by atoms with Crippen molar-refractivity contribution in [3.8, 4) is 0 Å². The van der Waals surface area contributed by atoms with E-state index in [1.807, 2.05) is 0 Å². The summed E-state index contributed by atoms with van der Waals surface area (Å²) in [5.41, 5.74) is 9.13. The van der Waals surface area contributed by atoms with E-state index in [-0.39, 0.29) is 0 Å². The SMILES string of the molecule is C[Si](C)(C)C=C(CC=C(c1ccccc1)c1ccccc1)c1ccccc1. The molecule has 3 aromatic rings. The topological polar surface area (TPSA) is 0 Å². The van der Waals surface area contributed by atoms with Gasteiger partial charge in [-0.25, -0.2) is 0 Å². The Bertz CT molecular complexity index is 857. The van der Waals surface area contributed by atoms with Crippen molar-refractivity contribution in [3.05, 3.63) is 119 Å². The Morgan fingerprint density at radius 3 is 1.44 bits per heavy atom. The number of rotatable bonds is 6. The monoisotopic (exact) mass is 368 g/mol. The van der Waals surface area contributed by atoms with E-state index < -0.39 is 8.07 Å². The molecule has 0 atom stereocenters. The lowest BCUT2D eigenvalue weighted by atomic mass is 9.95. The smallest absolute Gasteiger partial charge is 0.0691 e. The van der Waals surface area contributed by atoms with E-state index in [4.69, 9.17) is 0 Å². The van der Waals surface area contributed by atoms with Gasteiger partial charge in [0.2, 0.25) is 0 Å². The average Bonchev–Trinajstić information content (AvgIpc) is 2.69. The van der Waals surface area contributed by atoms with Gasteiger partial charge in [0.1, 0.15) is 0 Å². The molecule has 0 aromatic heterocycles. The van der Waals surface area contributed by atoms with Gasteiger partial charge in [0.15, 0.2) is 0 Å². The quantitative estimate of drug-likeness (QED) is 0.396. The highest BCUT2D eigenvalue weighted by molar-refractivity contribution is 6.81. The van der Waals surface area contributed by atoms with E-state index in [1.54, 1.807) is 0 Å². The molecular weight excluding hydrogens is 340 g/mol. The van der Waals surface area contributed by atoms with Gasteiger partial charge in [-0.1, -0.05) is 122 Å². The van der Waals surface area contributed by atoms with Gasteiger partial charge in [0.25, 0.3) is 0 Å². The van der Waals surface area contributed by atoms with Gasteiger partial charge in [-0.3, -0.25) is 0 Å². The summed E-state index contributed by atoms with van der Waals surface area (Å²) in [5.74, 6) is 0. The van der Waals surface area contributed by atoms with E-state index in [9.17, 15) is 0 Å². The predicted octanol–water partition coefficient (Wildman–Crippen LogP) is 7.47. The Labute approximate surface area is 164 Å². The van der Waals surface area contributed by atoms with Gasteiger partial charge >= 0.3 is 0 Å². The fraction of sp³-hybridized carbons (Fsp3) is 0.154. The summed E-state index contributed by atoms with van der Waals surface area (Å²) in [6, 6.07) is 32.2. The van der Waals surface area contributed by atoms with Crippen molar-refractivity contribution in [1.82, 2.24) is 0 Å². The standard InChI is InChI=1S/C26H28Si/c1-27(2,3)21-25(22-13-7-4-8-14-22)19-20-26(23-15-9-5-10-16-23)24-17-11-6-12-18-24/h4-18,20-21H,19H2,1-3H3. The van der Waals surface area contributed by atoms with Crippen LogP contribution in [0.15, 0.2) is 103 Å². The molecular formula is C26H28Si. The van der Waals surface area contributed by atoms with Crippen molar-refractivity contribution >= 4 is 19.2 Å². The van der Waals surface area contributed by atoms with Crippen molar-refractivity contribution in [2.24, 2.45) is 0 Å². The van der Waals surface area contributed by atoms with Crippen LogP contribution in [-0.4, -0.2) is 8.07 Å². The van der Waals surface area contributed by atoms with Crippen LogP contribution >= 0.6 is 0 Å². The number of allylic oxidation sites excluding steroid dienone is 2. The summed E-state index contributed by atoms with van der Waals surface area (Å²) in [6.07, 6.45) is 3.33. The third-order valence-electron chi connectivity index (χ3n) is 4.45. The minimum atomic E-state index is -1.32. The Hall–Kier alpha value is -2.64. The minimum Gasteiger partial charge on any atom is -0.0910 e. The Morgan fingerprint density at radius 1 is 0.630 bits per heavy atom. The van der Waals surface area contributed by atoms with E-state index in [0.717, 1.165) is 6.42 Å². The molecule has 0 amide bonds. The molecule has 0 aliphatic heterocycles. The van der Waals surface area contributed by atoms with E-state index in [2.05, 4.69) is 122 Å². The normalized spacial score (nSPS) is 11.9. The van der Waals surface area contributed by atoms with Crippen molar-refractivity contribution in [2.75, 3.05) is 0 Å². The van der Waals surface area contributed by atoms with Crippen molar-refractivity contribution < 1.29 is 0 Å². The van der Waals surface area contributed by atoms with Gasteiger partial charge in [-0.2, -0.15) is 0 Å². The molecule has 0 bridgehead atoms. The van der Waals surface area contributed by atoms with E-state index in [1.165, 1.54) is 27.8 Å². The lowest BCUT2D eigenvalue weighted by Crippen LogP contribution is -2.16. The van der Waals surface area contributed by atoms with Crippen LogP contribution in [0.4, 0.5) is 0 Å². The van der Waals surface area contributed by atoms with Crippen LogP contribution in [0.1, 0.15) is 23.1 Å². The third kappa shape index (κ3) is 5.67. The van der Waals surface area contributed by atoms with Gasteiger partial charge in [0, 0.05) is 0 Å². The lowest BCUT2D eigenvalue weighted by molar-refractivity contribution is 1.38. The van der Waals surface area contributed by atoms with Crippen LogP contribution < -0.4 is 0 Å². The summed E-state index contributed by atoms with van der Waals surface area (Å²) in [7, 11) is -1.32. The molecule has 0 saturated heterocycles. The molecule has 0 nitrogen and oxygen atoms in total. The third-order valence-corrected chi connectivity index (χ3v) is 5.66. The zero-order chi connectivity index (χ0) is 19.1. The van der Waals surface area contributed by atoms with Crippen molar-refractivity contribution in [2.45, 2.75) is 26.1 Å². The lowest BCUT2D eigenvalue weighted by Gasteiger charge is -2.15. The summed E-state index contributed by atoms with van der Waals surface area (Å²) in [5, 5.41) is 0. The molecule has 3 rings (SSSR count). The first kappa shape index (κ1) is 19.1. The van der Waals surface area contributed by atoms with Crippen molar-refractivity contribution in [1.29, 1.82) is 0 Å². The number of hydrogen-bond donors (Lipinski definition) is 0. The summed E-state index contributed by atoms with van der Waals surface area (Å²) >= 11 is 0. The van der Waals surface area contributed by atoms with E-state index >= 15 is 0 Å². The Balaban J connectivity index is 2.02. The Kier molecular flexibility index (Phi) is 6.26. The molecule has 0 heterocycles. The molecule has 0 saturated carbocycles. The first-order valence-corrected chi connectivity index (χ1v) is 13.2. The highest BCUT2D eigenvalue weighted by Crippen LogP contribution is 2.28. The molecule has 0 N–H and O–H groups in total. The predicted molar refractivity (Wildman–Crippen MR) is 122 cm³/mol. The molecule has 136 valence electrons. The van der Waals surface area contributed by atoms with Crippen LogP contribution in [0, 0.1) is 0 Å². The van der Waals surface area contributed by atoms with Crippen LogP contribution in [-0.2, 0) is 0 Å². The highest BCUT2D eigenvalue weighted by atomic mass is 28.3. The first-order valence-electron chi connectivity index (χ1n) is 9.61. The fourth-order valence-corrected chi connectivity index (χ4v) is 4.61. The average molecular weight is 369 g/mol. The second-order valence-electron chi connectivity index (χ2n) is 7.96. The molecule has 0 spiro atoms. The molecule has 0 unspecified atom stereocenters. The maximum absolute atomic E-state index is 2.53. The number of benzene rings is 3. The fourth-order valence-electron chi connectivity index (χ4n) is 3.28. The second-order valence-corrected chi connectivity index (χ2v) is 13.0. The molecule has 1 heteroatoms. The van der Waals surface area contributed by atoms with Gasteiger partial charge in [-0.15, -0.1) is 0 Å². The number of hydrogen-bond acceptors (Lipinski definition) is 0. The molecule has 0 aliphatic rings. The van der Waals surface area contributed by atoms with Crippen LogP contribution in [0.2, 0.25) is 19.6 Å². The summed E-state index contributed by atoms with van der Waals surface area (Å²) in [4.78, 5) is 0. The van der Waals surface area contributed by atoms with Gasteiger partial charge in [-0.05, 0) is 34.3 Å². The van der Waals surface area contributed by atoms with Crippen molar-refractivity contribution in [3.63, 3.8) is 0 Å². The molecule has 0 fully saturated rings. The Morgan fingerprint density at radius 2 is 1.04 bits per heavy atom. The van der Waals surface area contributed by atoms with E-state index in [0.29, 0.717) is 0 Å². The largest absolute Gasteiger partial charge is 0.0910 e. The second kappa shape index (κ2) is 8.83. The first-order chi connectivity index (χ1) is 13.0. The zero-order valence-corrected chi connectivity index (χ0v) is 17.5. The maximum atomic E-state index is 2.53. The minimum absolute atomic E-state index is 0.938. The molecule has 3 aromatic carbocycles. The molecule has 0 aliphatic carbocycles. The molecule has 27 heavy (non-hydrogen) atoms. The summed E-state index contributed by atoms with van der Waals surface area (Å²) in [6.45, 7) is 7.19. The highest BCUT2D eigenvalue weighted by Gasteiger charge is 2.12. The summed E-state index contributed by atoms with van der Waals surface area (Å²) < 4.78 is 0. The zero-order valence-electron chi connectivity index (χ0n) is 16.5. The van der Waals surface area contributed by atoms with Gasteiger partial charge in [0.05, 0.1) is 8.07 Å². The van der Waals surface area contributed by atoms with Crippen LogP contribution in [0.25, 0.3) is 11.1 Å². The van der Waals surface area contributed by atoms with Crippen LogP contribution in [0.5, 0.6) is 0 Å². The maximum Gasteiger partial charge on any atom is 0.0691 e. The van der Waals surface area contributed by atoms with Crippen LogP contribution in [0.3, 0.4) is 0 Å².